The average Bonchev–Trinajstić information content (AvgIpc) is 2.42. The van der Waals surface area contributed by atoms with Crippen molar-refractivity contribution in [3.8, 4) is 0 Å². The first-order valence-corrected chi connectivity index (χ1v) is 7.59. The van der Waals surface area contributed by atoms with E-state index < -0.39 is 0 Å². The summed E-state index contributed by atoms with van der Waals surface area (Å²) < 4.78 is 13.8. The van der Waals surface area contributed by atoms with Gasteiger partial charge in [0.2, 0.25) is 0 Å². The van der Waals surface area contributed by atoms with Crippen molar-refractivity contribution in [3.63, 3.8) is 0 Å². The van der Waals surface area contributed by atoms with Crippen molar-refractivity contribution < 1.29 is 4.39 Å². The minimum atomic E-state index is -0.0526. The van der Waals surface area contributed by atoms with Gasteiger partial charge in [-0.2, -0.15) is 0 Å². The highest BCUT2D eigenvalue weighted by atomic mass is 19.1. The van der Waals surface area contributed by atoms with Crippen LogP contribution in [0.4, 0.5) is 4.39 Å². The van der Waals surface area contributed by atoms with E-state index in [1.807, 2.05) is 12.1 Å². The molecule has 106 valence electrons. The second-order valence-electron chi connectivity index (χ2n) is 6.14. The summed E-state index contributed by atoms with van der Waals surface area (Å²) in [6, 6.07) is 5.54. The maximum atomic E-state index is 13.8. The van der Waals surface area contributed by atoms with Gasteiger partial charge in [0.05, 0.1) is 0 Å². The summed E-state index contributed by atoms with van der Waals surface area (Å²) in [6.07, 6.45) is 3.49. The lowest BCUT2D eigenvalue weighted by molar-refractivity contribution is 0.150. The molecule has 0 bridgehead atoms. The molecule has 0 radical (unpaired) electrons. The van der Waals surface area contributed by atoms with Crippen LogP contribution < -0.4 is 0 Å². The van der Waals surface area contributed by atoms with Gasteiger partial charge < -0.3 is 0 Å². The van der Waals surface area contributed by atoms with E-state index in [0.717, 1.165) is 43.5 Å². The molecule has 0 amide bonds. The Morgan fingerprint density at radius 1 is 1.26 bits per heavy atom. The van der Waals surface area contributed by atoms with Crippen molar-refractivity contribution in [3.05, 3.63) is 35.1 Å². The van der Waals surface area contributed by atoms with Gasteiger partial charge in [0, 0.05) is 12.1 Å². The lowest BCUT2D eigenvalue weighted by atomic mass is 9.86. The first kappa shape index (κ1) is 14.5. The van der Waals surface area contributed by atoms with Gasteiger partial charge in [-0.1, -0.05) is 32.9 Å². The second kappa shape index (κ2) is 6.51. The van der Waals surface area contributed by atoms with Crippen molar-refractivity contribution >= 4 is 0 Å². The van der Waals surface area contributed by atoms with Gasteiger partial charge >= 0.3 is 0 Å². The van der Waals surface area contributed by atoms with E-state index in [0.29, 0.717) is 0 Å². The summed E-state index contributed by atoms with van der Waals surface area (Å²) in [4.78, 5) is 2.40. The first-order chi connectivity index (χ1) is 9.10. The fraction of sp³-hybridized carbons (Fsp3) is 0.647. The van der Waals surface area contributed by atoms with Crippen LogP contribution in [0.25, 0.3) is 0 Å². The monoisotopic (exact) mass is 263 g/mol. The molecular weight excluding hydrogens is 237 g/mol. The fourth-order valence-corrected chi connectivity index (χ4v) is 2.99. The Hall–Kier alpha value is -0.890. The van der Waals surface area contributed by atoms with E-state index in [2.05, 4.69) is 25.7 Å². The Morgan fingerprint density at radius 2 is 1.95 bits per heavy atom. The minimum Gasteiger partial charge on any atom is -0.299 e. The quantitative estimate of drug-likeness (QED) is 0.784. The van der Waals surface area contributed by atoms with Crippen LogP contribution in [-0.2, 0) is 13.0 Å². The number of nitrogens with zero attached hydrogens (tertiary/aromatic N) is 1. The molecule has 1 saturated heterocycles. The summed E-state index contributed by atoms with van der Waals surface area (Å²) in [5.41, 5.74) is 2.09. The third kappa shape index (κ3) is 3.79. The molecule has 0 saturated carbocycles. The summed E-state index contributed by atoms with van der Waals surface area (Å²) in [5, 5.41) is 0. The second-order valence-corrected chi connectivity index (χ2v) is 6.14. The Balaban J connectivity index is 1.95. The van der Waals surface area contributed by atoms with Crippen LogP contribution in [-0.4, -0.2) is 18.0 Å². The third-order valence-electron chi connectivity index (χ3n) is 4.49. The Labute approximate surface area is 116 Å². The van der Waals surface area contributed by atoms with Gasteiger partial charge in [-0.15, -0.1) is 0 Å². The average molecular weight is 263 g/mol. The number of likely N-dealkylation sites (tertiary alicyclic amines) is 1. The van der Waals surface area contributed by atoms with E-state index in [1.54, 1.807) is 6.07 Å². The predicted molar refractivity (Wildman–Crippen MR) is 78.6 cm³/mol. The maximum Gasteiger partial charge on any atom is 0.127 e. The van der Waals surface area contributed by atoms with Crippen LogP contribution in [0, 0.1) is 17.7 Å². The normalized spacial score (nSPS) is 18.2. The van der Waals surface area contributed by atoms with Crippen molar-refractivity contribution in [2.75, 3.05) is 13.1 Å². The van der Waals surface area contributed by atoms with Gasteiger partial charge in [0.1, 0.15) is 5.82 Å². The van der Waals surface area contributed by atoms with Gasteiger partial charge in [0.15, 0.2) is 0 Å². The zero-order valence-electron chi connectivity index (χ0n) is 12.5. The number of piperidine rings is 1. The lowest BCUT2D eigenvalue weighted by Crippen LogP contribution is -2.35. The van der Waals surface area contributed by atoms with E-state index >= 15 is 0 Å². The van der Waals surface area contributed by atoms with Crippen LogP contribution in [0.3, 0.4) is 0 Å². The predicted octanol–water partition coefficient (Wildman–Crippen LogP) is 4.26. The van der Waals surface area contributed by atoms with Crippen LogP contribution in [0.2, 0.25) is 0 Å². The number of hydrogen-bond donors (Lipinski definition) is 0. The molecule has 1 aromatic rings. The molecule has 0 atom stereocenters. The molecule has 1 heterocycles. The fourth-order valence-electron chi connectivity index (χ4n) is 2.99. The maximum absolute atomic E-state index is 13.8. The molecule has 0 aromatic heterocycles. The number of rotatable bonds is 4. The molecule has 0 N–H and O–H groups in total. The standard InChI is InChI=1S/C17H26FN/c1-4-14-5-6-17(18)16(11-14)12-19-9-7-15(8-10-19)13(2)3/h5-6,11,13,15H,4,7-10,12H2,1-3H3. The molecule has 0 spiro atoms. The largest absolute Gasteiger partial charge is 0.299 e. The van der Waals surface area contributed by atoms with Gasteiger partial charge in [-0.25, -0.2) is 4.39 Å². The molecule has 2 rings (SSSR count). The van der Waals surface area contributed by atoms with Gasteiger partial charge in [0.25, 0.3) is 0 Å². The molecule has 1 fully saturated rings. The molecule has 1 aliphatic rings. The molecule has 19 heavy (non-hydrogen) atoms. The molecule has 1 nitrogen and oxygen atoms in total. The molecular formula is C17H26FN. The van der Waals surface area contributed by atoms with E-state index in [9.17, 15) is 4.39 Å². The SMILES string of the molecule is CCc1ccc(F)c(CN2CCC(C(C)C)CC2)c1. The topological polar surface area (TPSA) is 3.24 Å². The van der Waals surface area contributed by atoms with Crippen molar-refractivity contribution in [2.45, 2.75) is 46.6 Å². The summed E-state index contributed by atoms with van der Waals surface area (Å²) in [7, 11) is 0. The van der Waals surface area contributed by atoms with E-state index in [1.165, 1.54) is 18.4 Å². The van der Waals surface area contributed by atoms with Crippen molar-refractivity contribution in [1.82, 2.24) is 4.90 Å². The number of benzene rings is 1. The number of halogens is 1. The first-order valence-electron chi connectivity index (χ1n) is 7.59. The van der Waals surface area contributed by atoms with E-state index in [4.69, 9.17) is 0 Å². The van der Waals surface area contributed by atoms with Crippen molar-refractivity contribution in [1.29, 1.82) is 0 Å². The van der Waals surface area contributed by atoms with Crippen LogP contribution >= 0.6 is 0 Å². The minimum absolute atomic E-state index is 0.0526. The third-order valence-corrected chi connectivity index (χ3v) is 4.49. The highest BCUT2D eigenvalue weighted by molar-refractivity contribution is 5.25. The Morgan fingerprint density at radius 3 is 2.53 bits per heavy atom. The van der Waals surface area contributed by atoms with Crippen LogP contribution in [0.5, 0.6) is 0 Å². The highest BCUT2D eigenvalue weighted by Crippen LogP contribution is 2.25. The molecule has 0 aliphatic carbocycles. The smallest absolute Gasteiger partial charge is 0.127 e. The van der Waals surface area contributed by atoms with Crippen LogP contribution in [0.15, 0.2) is 18.2 Å². The Bertz CT molecular complexity index is 406. The highest BCUT2D eigenvalue weighted by Gasteiger charge is 2.22. The van der Waals surface area contributed by atoms with E-state index in [-0.39, 0.29) is 5.82 Å². The molecule has 1 aliphatic heterocycles. The Kier molecular flexibility index (Phi) is 4.98. The number of hydrogen-bond acceptors (Lipinski definition) is 1. The van der Waals surface area contributed by atoms with Crippen LogP contribution in [0.1, 0.15) is 44.7 Å². The summed E-state index contributed by atoms with van der Waals surface area (Å²) >= 11 is 0. The zero-order valence-corrected chi connectivity index (χ0v) is 12.5. The lowest BCUT2D eigenvalue weighted by Gasteiger charge is -2.34. The van der Waals surface area contributed by atoms with Gasteiger partial charge in [-0.3, -0.25) is 4.90 Å². The number of aryl methyl sites for hydroxylation is 1. The molecule has 0 unspecified atom stereocenters. The summed E-state index contributed by atoms with van der Waals surface area (Å²) in [5.74, 6) is 1.58. The molecule has 1 aromatic carbocycles. The molecule has 2 heteroatoms. The van der Waals surface area contributed by atoms with Gasteiger partial charge in [-0.05, 0) is 55.8 Å². The zero-order chi connectivity index (χ0) is 13.8. The summed E-state index contributed by atoms with van der Waals surface area (Å²) in [6.45, 7) is 9.72. The van der Waals surface area contributed by atoms with Crippen molar-refractivity contribution in [2.24, 2.45) is 11.8 Å².